The standard InChI is InChI=1S/C41H75NO4/c1-3-5-7-9-11-13-15-16-17-18-19-20-21-22-23-25-27-29-31-33-35-40(45)39(37-43)42-41(46)36-38(44)34-32-30-28-26-24-14-12-10-8-6-4-2/h25-28,32-35,38-40,43-45H,3-24,29-31,36-37H2,1-2H3,(H,42,46)/b27-25+,28-26-,34-32-,35-33+. The summed E-state index contributed by atoms with van der Waals surface area (Å²) in [5, 5.41) is 32.8. The third-order valence-electron chi connectivity index (χ3n) is 8.60. The van der Waals surface area contributed by atoms with Crippen LogP contribution in [0.4, 0.5) is 0 Å². The van der Waals surface area contributed by atoms with Crippen molar-refractivity contribution in [3.05, 3.63) is 48.6 Å². The molecule has 3 unspecified atom stereocenters. The van der Waals surface area contributed by atoms with Gasteiger partial charge in [0.2, 0.25) is 5.91 Å². The van der Waals surface area contributed by atoms with Gasteiger partial charge in [-0.1, -0.05) is 178 Å². The first kappa shape index (κ1) is 44.3. The molecule has 0 rings (SSSR count). The maximum Gasteiger partial charge on any atom is 0.223 e. The minimum Gasteiger partial charge on any atom is -0.394 e. The van der Waals surface area contributed by atoms with E-state index in [4.69, 9.17) is 0 Å². The third-order valence-corrected chi connectivity index (χ3v) is 8.60. The second-order valence-corrected chi connectivity index (χ2v) is 13.2. The molecule has 0 heterocycles. The Labute approximate surface area is 285 Å². The van der Waals surface area contributed by atoms with Crippen LogP contribution in [0.25, 0.3) is 0 Å². The van der Waals surface area contributed by atoms with Crippen molar-refractivity contribution in [2.24, 2.45) is 0 Å². The van der Waals surface area contributed by atoms with E-state index in [9.17, 15) is 20.1 Å². The maximum absolute atomic E-state index is 12.3. The predicted molar refractivity (Wildman–Crippen MR) is 199 cm³/mol. The molecule has 4 N–H and O–H groups in total. The number of hydrogen-bond donors (Lipinski definition) is 4. The number of aliphatic hydroxyl groups excluding tert-OH is 3. The Hall–Kier alpha value is -1.69. The van der Waals surface area contributed by atoms with E-state index in [2.05, 4.69) is 43.5 Å². The van der Waals surface area contributed by atoms with Gasteiger partial charge in [-0.25, -0.2) is 0 Å². The largest absolute Gasteiger partial charge is 0.394 e. The van der Waals surface area contributed by atoms with Gasteiger partial charge in [-0.15, -0.1) is 0 Å². The summed E-state index contributed by atoms with van der Waals surface area (Å²) in [5.74, 6) is -0.395. The summed E-state index contributed by atoms with van der Waals surface area (Å²) in [6, 6.07) is -0.791. The lowest BCUT2D eigenvalue weighted by molar-refractivity contribution is -0.124. The van der Waals surface area contributed by atoms with Crippen molar-refractivity contribution in [2.75, 3.05) is 6.61 Å². The lowest BCUT2D eigenvalue weighted by atomic mass is 10.0. The van der Waals surface area contributed by atoms with Crippen molar-refractivity contribution in [1.82, 2.24) is 5.32 Å². The van der Waals surface area contributed by atoms with Crippen molar-refractivity contribution in [3.8, 4) is 0 Å². The summed E-state index contributed by atoms with van der Waals surface area (Å²) in [7, 11) is 0. The minimum absolute atomic E-state index is 0.102. The Morgan fingerprint density at radius 1 is 0.543 bits per heavy atom. The van der Waals surface area contributed by atoms with Crippen molar-refractivity contribution >= 4 is 5.91 Å². The average Bonchev–Trinajstić information content (AvgIpc) is 3.05. The van der Waals surface area contributed by atoms with Crippen LogP contribution in [0.15, 0.2) is 48.6 Å². The van der Waals surface area contributed by atoms with E-state index in [1.54, 1.807) is 12.2 Å². The van der Waals surface area contributed by atoms with E-state index >= 15 is 0 Å². The number of unbranched alkanes of at least 4 members (excludes halogenated alkanes) is 21. The Kier molecular flexibility index (Phi) is 34.8. The van der Waals surface area contributed by atoms with Crippen LogP contribution in [-0.2, 0) is 4.79 Å². The Bertz CT molecular complexity index is 760. The molecule has 0 saturated carbocycles. The van der Waals surface area contributed by atoms with Gasteiger partial charge in [0.15, 0.2) is 0 Å². The fraction of sp³-hybridized carbons (Fsp3) is 0.780. The van der Waals surface area contributed by atoms with E-state index in [1.165, 1.54) is 128 Å². The molecule has 0 fully saturated rings. The second-order valence-electron chi connectivity index (χ2n) is 13.2. The molecule has 0 aliphatic heterocycles. The van der Waals surface area contributed by atoms with E-state index in [0.717, 1.165) is 32.1 Å². The van der Waals surface area contributed by atoms with Crippen LogP contribution >= 0.6 is 0 Å². The van der Waals surface area contributed by atoms with Crippen LogP contribution in [0.3, 0.4) is 0 Å². The number of rotatable bonds is 34. The number of hydrogen-bond acceptors (Lipinski definition) is 4. The normalized spacial score (nSPS) is 14.3. The Morgan fingerprint density at radius 2 is 0.978 bits per heavy atom. The fourth-order valence-electron chi connectivity index (χ4n) is 5.59. The van der Waals surface area contributed by atoms with Gasteiger partial charge >= 0.3 is 0 Å². The van der Waals surface area contributed by atoms with Crippen LogP contribution in [-0.4, -0.2) is 46.1 Å². The van der Waals surface area contributed by atoms with Gasteiger partial charge < -0.3 is 20.6 Å². The molecule has 0 radical (unpaired) electrons. The van der Waals surface area contributed by atoms with Crippen molar-refractivity contribution in [2.45, 2.75) is 199 Å². The van der Waals surface area contributed by atoms with Gasteiger partial charge in [0.1, 0.15) is 0 Å². The topological polar surface area (TPSA) is 89.8 Å². The van der Waals surface area contributed by atoms with Crippen molar-refractivity contribution < 1.29 is 20.1 Å². The molecule has 0 aromatic carbocycles. The number of carbonyl (C=O) groups excluding carboxylic acids is 1. The van der Waals surface area contributed by atoms with E-state index in [0.29, 0.717) is 0 Å². The van der Waals surface area contributed by atoms with E-state index < -0.39 is 24.2 Å². The first-order valence-corrected chi connectivity index (χ1v) is 19.4. The van der Waals surface area contributed by atoms with Gasteiger partial charge in [0.25, 0.3) is 0 Å². The van der Waals surface area contributed by atoms with Gasteiger partial charge in [0.05, 0.1) is 31.3 Å². The summed E-state index contributed by atoms with van der Waals surface area (Å²) in [6.07, 6.45) is 45.6. The van der Waals surface area contributed by atoms with Gasteiger partial charge in [-0.05, 0) is 44.9 Å². The molecule has 5 heteroatoms. The number of allylic oxidation sites excluding steroid dienone is 6. The van der Waals surface area contributed by atoms with Crippen LogP contribution < -0.4 is 5.32 Å². The summed E-state index contributed by atoms with van der Waals surface area (Å²) in [5.41, 5.74) is 0. The van der Waals surface area contributed by atoms with Gasteiger partial charge in [-0.2, -0.15) is 0 Å². The van der Waals surface area contributed by atoms with E-state index in [-0.39, 0.29) is 13.0 Å². The summed E-state index contributed by atoms with van der Waals surface area (Å²) >= 11 is 0. The number of aliphatic hydroxyl groups is 3. The molecule has 46 heavy (non-hydrogen) atoms. The SMILES string of the molecule is CCCCCCCC/C=C\C/C=C\C(O)CC(=O)NC(CO)C(O)/C=C/CC/C=C/CCCCCCCCCCCCCCCC. The van der Waals surface area contributed by atoms with Gasteiger partial charge in [0, 0.05) is 0 Å². The zero-order chi connectivity index (χ0) is 33.8. The second kappa shape index (κ2) is 36.2. The first-order chi connectivity index (χ1) is 22.5. The molecule has 0 aromatic rings. The average molecular weight is 646 g/mol. The Balaban J connectivity index is 3.82. The molecule has 3 atom stereocenters. The molecule has 0 aromatic heterocycles. The molecule has 0 bridgehead atoms. The van der Waals surface area contributed by atoms with Crippen LogP contribution in [0.1, 0.15) is 181 Å². The highest BCUT2D eigenvalue weighted by molar-refractivity contribution is 5.77. The Morgan fingerprint density at radius 3 is 1.48 bits per heavy atom. The molecule has 5 nitrogen and oxygen atoms in total. The number of amides is 1. The molecular weight excluding hydrogens is 570 g/mol. The number of nitrogens with one attached hydrogen (secondary N) is 1. The summed E-state index contributed by atoms with van der Waals surface area (Å²) in [6.45, 7) is 4.14. The fourth-order valence-corrected chi connectivity index (χ4v) is 5.59. The highest BCUT2D eigenvalue weighted by Crippen LogP contribution is 2.14. The first-order valence-electron chi connectivity index (χ1n) is 19.4. The monoisotopic (exact) mass is 646 g/mol. The van der Waals surface area contributed by atoms with Crippen LogP contribution in [0, 0.1) is 0 Å². The minimum atomic E-state index is -0.974. The predicted octanol–water partition coefficient (Wildman–Crippen LogP) is 10.6. The molecule has 0 saturated heterocycles. The quantitative estimate of drug-likeness (QED) is 0.0414. The van der Waals surface area contributed by atoms with E-state index in [1.807, 2.05) is 12.2 Å². The summed E-state index contributed by atoms with van der Waals surface area (Å²) < 4.78 is 0. The molecule has 0 aliphatic rings. The zero-order valence-electron chi connectivity index (χ0n) is 30.2. The van der Waals surface area contributed by atoms with Crippen LogP contribution in [0.5, 0.6) is 0 Å². The molecule has 1 amide bonds. The number of carbonyl (C=O) groups is 1. The molecule has 0 aliphatic carbocycles. The lowest BCUT2D eigenvalue weighted by Crippen LogP contribution is -2.45. The molecule has 268 valence electrons. The van der Waals surface area contributed by atoms with Crippen LogP contribution in [0.2, 0.25) is 0 Å². The van der Waals surface area contributed by atoms with Crippen molar-refractivity contribution in [1.29, 1.82) is 0 Å². The highest BCUT2D eigenvalue weighted by Gasteiger charge is 2.19. The summed E-state index contributed by atoms with van der Waals surface area (Å²) in [4.78, 5) is 12.3. The molecular formula is C41H75NO4. The zero-order valence-corrected chi connectivity index (χ0v) is 30.2. The third kappa shape index (κ3) is 32.3. The van der Waals surface area contributed by atoms with Gasteiger partial charge in [-0.3, -0.25) is 4.79 Å². The maximum atomic E-state index is 12.3. The highest BCUT2D eigenvalue weighted by atomic mass is 16.3. The lowest BCUT2D eigenvalue weighted by Gasteiger charge is -2.20. The van der Waals surface area contributed by atoms with Crippen molar-refractivity contribution in [3.63, 3.8) is 0 Å². The molecule has 0 spiro atoms. The smallest absolute Gasteiger partial charge is 0.223 e.